The molecule has 6 heteroatoms. The third kappa shape index (κ3) is 3.12. The van der Waals surface area contributed by atoms with Gasteiger partial charge >= 0.3 is 0 Å². The number of nitrogens with zero attached hydrogens (tertiary/aromatic N) is 2. The molecule has 120 valence electrons. The molecule has 1 aromatic heterocycles. The number of anilines is 2. The number of nitrogens with one attached hydrogen (secondary N) is 1. The van der Waals surface area contributed by atoms with Crippen molar-refractivity contribution >= 4 is 34.0 Å². The molecule has 2 aromatic rings. The van der Waals surface area contributed by atoms with Crippen molar-refractivity contribution in [2.45, 2.75) is 27.2 Å². The number of fused-ring (bicyclic) bond motifs is 1. The first-order chi connectivity index (χ1) is 11.0. The molecule has 0 bridgehead atoms. The fourth-order valence-electron chi connectivity index (χ4n) is 2.72. The number of aromatic nitrogens is 1. The predicted molar refractivity (Wildman–Crippen MR) is 92.7 cm³/mol. The van der Waals surface area contributed by atoms with Crippen LogP contribution in [-0.4, -0.2) is 23.3 Å². The van der Waals surface area contributed by atoms with E-state index in [0.717, 1.165) is 29.9 Å². The average Bonchev–Trinajstić information content (AvgIpc) is 3.11. The van der Waals surface area contributed by atoms with E-state index in [-0.39, 0.29) is 17.7 Å². The zero-order chi connectivity index (χ0) is 16.6. The van der Waals surface area contributed by atoms with Crippen molar-refractivity contribution in [3.05, 3.63) is 29.1 Å². The Morgan fingerprint density at radius 3 is 2.83 bits per heavy atom. The number of thiazole rings is 1. The highest BCUT2D eigenvalue weighted by atomic mass is 32.1. The van der Waals surface area contributed by atoms with Crippen LogP contribution >= 0.6 is 11.3 Å². The summed E-state index contributed by atoms with van der Waals surface area (Å²) in [6.45, 7) is 6.06. The lowest BCUT2D eigenvalue weighted by atomic mass is 10.1. The van der Waals surface area contributed by atoms with Crippen LogP contribution in [0.25, 0.3) is 11.3 Å². The lowest BCUT2D eigenvalue weighted by Gasteiger charge is -2.19. The van der Waals surface area contributed by atoms with Crippen LogP contribution in [0.5, 0.6) is 0 Å². The number of carbonyl (C=O) groups is 2. The highest BCUT2D eigenvalue weighted by Gasteiger charge is 2.26. The van der Waals surface area contributed by atoms with Crippen molar-refractivity contribution in [2.75, 3.05) is 16.8 Å². The molecular weight excluding hydrogens is 310 g/mol. The van der Waals surface area contributed by atoms with E-state index in [2.05, 4.69) is 16.4 Å². The molecule has 0 unspecified atom stereocenters. The summed E-state index contributed by atoms with van der Waals surface area (Å²) in [6, 6.07) is 6.07. The summed E-state index contributed by atoms with van der Waals surface area (Å²) < 4.78 is 0. The quantitative estimate of drug-likeness (QED) is 0.939. The summed E-state index contributed by atoms with van der Waals surface area (Å²) in [7, 11) is 0. The first-order valence-electron chi connectivity index (χ1n) is 7.63. The summed E-state index contributed by atoms with van der Waals surface area (Å²) in [5.74, 6) is 0.0418. The van der Waals surface area contributed by atoms with E-state index in [1.54, 1.807) is 0 Å². The van der Waals surface area contributed by atoms with Crippen LogP contribution in [0.1, 0.15) is 26.3 Å². The van der Waals surface area contributed by atoms with Crippen LogP contribution in [0.4, 0.5) is 10.8 Å². The molecule has 1 aliphatic rings. The Kier molecular flexibility index (Phi) is 4.17. The van der Waals surface area contributed by atoms with E-state index in [9.17, 15) is 9.59 Å². The van der Waals surface area contributed by atoms with Gasteiger partial charge in [0, 0.05) is 36.0 Å². The van der Waals surface area contributed by atoms with Crippen LogP contribution < -0.4 is 10.2 Å². The van der Waals surface area contributed by atoms with Crippen molar-refractivity contribution < 1.29 is 9.59 Å². The van der Waals surface area contributed by atoms with E-state index >= 15 is 0 Å². The van der Waals surface area contributed by atoms with Gasteiger partial charge in [0.25, 0.3) is 0 Å². The average molecular weight is 329 g/mol. The fourth-order valence-corrected chi connectivity index (χ4v) is 3.48. The first-order valence-corrected chi connectivity index (χ1v) is 8.51. The normalized spacial score (nSPS) is 13.3. The molecule has 1 N–H and O–H groups in total. The molecule has 1 aliphatic heterocycles. The topological polar surface area (TPSA) is 62.3 Å². The third-order valence-corrected chi connectivity index (χ3v) is 4.58. The van der Waals surface area contributed by atoms with Gasteiger partial charge in [0.05, 0.1) is 5.69 Å². The molecule has 0 atom stereocenters. The van der Waals surface area contributed by atoms with Gasteiger partial charge in [-0.2, -0.15) is 0 Å². The Balaban J connectivity index is 1.86. The minimum Gasteiger partial charge on any atom is -0.312 e. The second kappa shape index (κ2) is 6.12. The number of rotatable bonds is 3. The van der Waals surface area contributed by atoms with Crippen molar-refractivity contribution in [1.29, 1.82) is 0 Å². The molecule has 1 aromatic carbocycles. The van der Waals surface area contributed by atoms with E-state index in [0.29, 0.717) is 5.13 Å². The number of carbonyl (C=O) groups excluding carboxylic acids is 2. The van der Waals surface area contributed by atoms with Crippen molar-refractivity contribution in [3.8, 4) is 11.3 Å². The third-order valence-electron chi connectivity index (χ3n) is 3.82. The monoisotopic (exact) mass is 329 g/mol. The standard InChI is InChI=1S/C17H19N3O2S/c1-10(2)16(22)20-7-6-13-8-12(4-5-15(13)20)14-9-23-17(19-14)18-11(3)21/h4-5,8-10H,6-7H2,1-3H3,(H,18,19,21). The van der Waals surface area contributed by atoms with E-state index < -0.39 is 0 Å². The van der Waals surface area contributed by atoms with E-state index in [4.69, 9.17) is 0 Å². The second-order valence-electron chi connectivity index (χ2n) is 5.96. The van der Waals surface area contributed by atoms with Gasteiger partial charge in [-0.3, -0.25) is 9.59 Å². The molecule has 5 nitrogen and oxygen atoms in total. The first kappa shape index (κ1) is 15.7. The molecular formula is C17H19N3O2S. The van der Waals surface area contributed by atoms with Gasteiger partial charge in [0.2, 0.25) is 11.8 Å². The van der Waals surface area contributed by atoms with Gasteiger partial charge < -0.3 is 10.2 Å². The number of benzene rings is 1. The summed E-state index contributed by atoms with van der Waals surface area (Å²) in [4.78, 5) is 29.6. The molecule has 0 saturated carbocycles. The summed E-state index contributed by atoms with van der Waals surface area (Å²) >= 11 is 1.41. The Morgan fingerprint density at radius 1 is 1.35 bits per heavy atom. The predicted octanol–water partition coefficient (Wildman–Crippen LogP) is 3.31. The Hall–Kier alpha value is -2.21. The van der Waals surface area contributed by atoms with Crippen molar-refractivity contribution in [2.24, 2.45) is 5.92 Å². The lowest BCUT2D eigenvalue weighted by Crippen LogP contribution is -2.32. The maximum Gasteiger partial charge on any atom is 0.229 e. The van der Waals surface area contributed by atoms with Crippen LogP contribution in [0.3, 0.4) is 0 Å². The largest absolute Gasteiger partial charge is 0.312 e. The number of hydrogen-bond acceptors (Lipinski definition) is 4. The van der Waals surface area contributed by atoms with Crippen molar-refractivity contribution in [3.63, 3.8) is 0 Å². The maximum atomic E-state index is 12.2. The summed E-state index contributed by atoms with van der Waals surface area (Å²) in [5, 5.41) is 5.23. The molecule has 2 heterocycles. The van der Waals surface area contributed by atoms with Crippen LogP contribution in [-0.2, 0) is 16.0 Å². The molecule has 2 amide bonds. The lowest BCUT2D eigenvalue weighted by molar-refractivity contribution is -0.121. The molecule has 3 rings (SSSR count). The fraction of sp³-hybridized carbons (Fsp3) is 0.353. The van der Waals surface area contributed by atoms with Gasteiger partial charge in [-0.05, 0) is 24.1 Å². The zero-order valence-corrected chi connectivity index (χ0v) is 14.2. The Morgan fingerprint density at radius 2 is 2.13 bits per heavy atom. The van der Waals surface area contributed by atoms with E-state index in [1.165, 1.54) is 23.8 Å². The minimum atomic E-state index is -0.123. The summed E-state index contributed by atoms with van der Waals surface area (Å²) in [6.07, 6.45) is 0.865. The molecule has 0 saturated heterocycles. The Bertz CT molecular complexity index is 767. The molecule has 23 heavy (non-hydrogen) atoms. The number of amides is 2. The van der Waals surface area contributed by atoms with Gasteiger partial charge in [-0.1, -0.05) is 19.9 Å². The molecule has 0 radical (unpaired) electrons. The zero-order valence-electron chi connectivity index (χ0n) is 13.4. The highest BCUT2D eigenvalue weighted by molar-refractivity contribution is 7.14. The molecule has 0 aliphatic carbocycles. The second-order valence-corrected chi connectivity index (χ2v) is 6.82. The Labute approximate surface area is 139 Å². The van der Waals surface area contributed by atoms with Gasteiger partial charge in [-0.25, -0.2) is 4.98 Å². The molecule has 0 spiro atoms. The number of hydrogen-bond donors (Lipinski definition) is 1. The van der Waals surface area contributed by atoms with Gasteiger partial charge in [0.15, 0.2) is 5.13 Å². The summed E-state index contributed by atoms with van der Waals surface area (Å²) in [5.41, 5.74) is 4.03. The maximum absolute atomic E-state index is 12.2. The van der Waals surface area contributed by atoms with Crippen molar-refractivity contribution in [1.82, 2.24) is 4.98 Å². The smallest absolute Gasteiger partial charge is 0.229 e. The van der Waals surface area contributed by atoms with Crippen LogP contribution in [0, 0.1) is 5.92 Å². The minimum absolute atomic E-state index is 0.000574. The SMILES string of the molecule is CC(=O)Nc1nc(-c2ccc3c(c2)CCN3C(=O)C(C)C)cs1. The van der Waals surface area contributed by atoms with Gasteiger partial charge in [-0.15, -0.1) is 11.3 Å². The van der Waals surface area contributed by atoms with Crippen LogP contribution in [0.2, 0.25) is 0 Å². The molecule has 0 fully saturated rings. The van der Waals surface area contributed by atoms with E-state index in [1.807, 2.05) is 36.3 Å². The van der Waals surface area contributed by atoms with Gasteiger partial charge in [0.1, 0.15) is 0 Å². The highest BCUT2D eigenvalue weighted by Crippen LogP contribution is 2.34. The van der Waals surface area contributed by atoms with Crippen LogP contribution in [0.15, 0.2) is 23.6 Å².